The molecule has 13 N–H and O–H groups in total. The smallest absolute Gasteiger partial charge is 0.328 e. The molecule has 8 atom stereocenters. The van der Waals surface area contributed by atoms with Crippen LogP contribution < -0.4 is 43.8 Å². The summed E-state index contributed by atoms with van der Waals surface area (Å²) in [5, 5.41) is 32.0. The van der Waals surface area contributed by atoms with Crippen LogP contribution in [0.1, 0.15) is 87.5 Å². The normalized spacial score (nSPS) is 16.2. The Morgan fingerprint density at radius 2 is 1.21 bits per heavy atom. The highest BCUT2D eigenvalue weighted by Gasteiger charge is 2.35. The summed E-state index contributed by atoms with van der Waals surface area (Å²) in [6.07, 6.45) is -0.0506. The minimum absolute atomic E-state index is 0.0744. The summed E-state index contributed by atoms with van der Waals surface area (Å²) in [6, 6.07) is -6.95. The van der Waals surface area contributed by atoms with E-state index in [0.717, 1.165) is 0 Å². The first-order chi connectivity index (χ1) is 22.2. The topological polar surface area (TPSA) is 293 Å². The van der Waals surface area contributed by atoms with Gasteiger partial charge >= 0.3 is 5.97 Å². The number of aliphatic hydroxyl groups is 1. The van der Waals surface area contributed by atoms with Crippen molar-refractivity contribution < 1.29 is 39.0 Å². The molecule has 0 spiro atoms. The van der Waals surface area contributed by atoms with Crippen LogP contribution in [-0.2, 0) is 28.8 Å². The second-order valence-electron chi connectivity index (χ2n) is 13.1. The molecule has 17 heteroatoms. The van der Waals surface area contributed by atoms with Crippen molar-refractivity contribution in [2.45, 2.75) is 130 Å². The van der Waals surface area contributed by atoms with E-state index in [0.29, 0.717) is 12.8 Å². The average Bonchev–Trinajstić information content (AvgIpc) is 2.97. The van der Waals surface area contributed by atoms with Crippen molar-refractivity contribution in [1.29, 1.82) is 0 Å². The van der Waals surface area contributed by atoms with Crippen LogP contribution in [0.3, 0.4) is 0 Å². The average molecular weight is 686 g/mol. The third-order valence-corrected chi connectivity index (χ3v) is 7.57. The third kappa shape index (κ3) is 16.7. The van der Waals surface area contributed by atoms with E-state index in [-0.39, 0.29) is 43.6 Å². The van der Waals surface area contributed by atoms with Crippen molar-refractivity contribution in [2.75, 3.05) is 6.54 Å². The highest BCUT2D eigenvalue weighted by molar-refractivity contribution is 5.96. The Balaban J connectivity index is 6.07. The van der Waals surface area contributed by atoms with Gasteiger partial charge in [0.25, 0.3) is 0 Å². The molecule has 0 rings (SSSR count). The molecule has 0 bridgehead atoms. The van der Waals surface area contributed by atoms with Crippen molar-refractivity contribution in [2.24, 2.45) is 39.9 Å². The molecule has 0 heterocycles. The van der Waals surface area contributed by atoms with Crippen LogP contribution in [0.15, 0.2) is 4.99 Å². The maximum Gasteiger partial charge on any atom is 0.328 e. The van der Waals surface area contributed by atoms with Crippen LogP contribution in [0.25, 0.3) is 0 Å². The second kappa shape index (κ2) is 21.8. The van der Waals surface area contributed by atoms with E-state index in [9.17, 15) is 39.0 Å². The van der Waals surface area contributed by atoms with Crippen LogP contribution in [0.5, 0.6) is 0 Å². The van der Waals surface area contributed by atoms with Crippen molar-refractivity contribution in [3.63, 3.8) is 0 Å². The Morgan fingerprint density at radius 1 is 0.688 bits per heavy atom. The summed E-state index contributed by atoms with van der Waals surface area (Å²) in [6.45, 7) is 13.8. The van der Waals surface area contributed by atoms with E-state index in [1.807, 2.05) is 13.8 Å². The van der Waals surface area contributed by atoms with Gasteiger partial charge in [0.1, 0.15) is 24.2 Å². The Hall–Kier alpha value is -3.99. The summed E-state index contributed by atoms with van der Waals surface area (Å²) in [5.41, 5.74) is 16.7. The van der Waals surface area contributed by atoms with Gasteiger partial charge in [-0.05, 0) is 57.3 Å². The molecule has 0 aliphatic rings. The van der Waals surface area contributed by atoms with Crippen LogP contribution in [0.2, 0.25) is 0 Å². The molecule has 5 amide bonds. The van der Waals surface area contributed by atoms with Gasteiger partial charge in [0.15, 0.2) is 12.0 Å². The molecular weight excluding hydrogens is 626 g/mol. The summed E-state index contributed by atoms with van der Waals surface area (Å²) in [7, 11) is 0. The Bertz CT molecular complexity index is 1110. The number of carbonyl (C=O) groups is 6. The molecule has 0 aromatic rings. The van der Waals surface area contributed by atoms with Crippen LogP contribution in [0, 0.1) is 17.8 Å². The van der Waals surface area contributed by atoms with Gasteiger partial charge in [-0.15, -0.1) is 0 Å². The molecule has 0 aromatic heterocycles. The number of hydrogen-bond acceptors (Lipinski definition) is 9. The molecule has 0 saturated carbocycles. The summed E-state index contributed by atoms with van der Waals surface area (Å²) in [4.78, 5) is 81.4. The number of amides is 5. The quantitative estimate of drug-likeness (QED) is 0.0352. The number of guanidine groups is 1. The van der Waals surface area contributed by atoms with Gasteiger partial charge in [0, 0.05) is 6.54 Å². The lowest BCUT2D eigenvalue weighted by Gasteiger charge is -2.29. The van der Waals surface area contributed by atoms with Crippen LogP contribution in [0.4, 0.5) is 0 Å². The van der Waals surface area contributed by atoms with Crippen molar-refractivity contribution in [3.05, 3.63) is 0 Å². The van der Waals surface area contributed by atoms with E-state index in [4.69, 9.17) is 17.2 Å². The van der Waals surface area contributed by atoms with Gasteiger partial charge in [-0.3, -0.25) is 29.0 Å². The molecule has 0 fully saturated rings. The maximum absolute atomic E-state index is 13.6. The number of hydrogen-bond donors (Lipinski definition) is 10. The number of aliphatic carboxylic acids is 1. The number of nitrogens with two attached hydrogens (primary N) is 3. The van der Waals surface area contributed by atoms with E-state index in [2.05, 4.69) is 31.6 Å². The number of carboxylic acids is 1. The van der Waals surface area contributed by atoms with Crippen molar-refractivity contribution >= 4 is 41.5 Å². The van der Waals surface area contributed by atoms with Gasteiger partial charge in [0.2, 0.25) is 29.5 Å². The lowest BCUT2D eigenvalue weighted by molar-refractivity contribution is -0.145. The minimum Gasteiger partial charge on any atom is -0.480 e. The highest BCUT2D eigenvalue weighted by atomic mass is 16.4. The first-order valence-electron chi connectivity index (χ1n) is 16.4. The lowest BCUT2D eigenvalue weighted by atomic mass is 9.96. The largest absolute Gasteiger partial charge is 0.480 e. The summed E-state index contributed by atoms with van der Waals surface area (Å²) >= 11 is 0. The zero-order chi connectivity index (χ0) is 37.3. The highest BCUT2D eigenvalue weighted by Crippen LogP contribution is 2.13. The lowest BCUT2D eigenvalue weighted by Crippen LogP contribution is -2.60. The van der Waals surface area contributed by atoms with E-state index in [1.165, 1.54) is 13.8 Å². The molecule has 0 aliphatic carbocycles. The first-order valence-corrected chi connectivity index (χ1v) is 16.4. The maximum atomic E-state index is 13.6. The van der Waals surface area contributed by atoms with E-state index >= 15 is 0 Å². The molecule has 276 valence electrons. The fraction of sp³-hybridized carbons (Fsp3) is 0.774. The fourth-order valence-electron chi connectivity index (χ4n) is 4.63. The van der Waals surface area contributed by atoms with E-state index in [1.54, 1.807) is 27.7 Å². The number of nitrogens with one attached hydrogen (secondary N) is 5. The Kier molecular flexibility index (Phi) is 20.0. The van der Waals surface area contributed by atoms with E-state index < -0.39 is 83.8 Å². The molecule has 0 saturated heterocycles. The zero-order valence-corrected chi connectivity index (χ0v) is 29.5. The molecular formula is C31H59N9O8. The number of rotatable bonds is 22. The predicted octanol–water partition coefficient (Wildman–Crippen LogP) is -1.59. The van der Waals surface area contributed by atoms with Gasteiger partial charge < -0.3 is 54.0 Å². The number of aliphatic hydroxyl groups excluding tert-OH is 1. The number of carbonyl (C=O) groups excluding carboxylic acids is 5. The standard InChI is InChI=1S/C31H59N9O8/c1-9-17(6)23(29(46)38-22(14-16(4)5)28(45)40-24(19(8)41)30(47)48)39-27(44)21(11-10-12-35-31(33)34)37-25(42)18(7)36-26(43)20(32)13-15(2)3/h15-24,41H,9-14,32H2,1-8H3,(H,36,43)(H,37,42)(H,38,46)(H,39,44)(H,40,45)(H,47,48)(H4,33,34,35)/t17-,18-,19+,20-,21-,22-,23-,24-/m0/s1. The SMILES string of the molecule is CC[C@H](C)[C@H](NC(=O)[C@H](CCCN=C(N)N)NC(=O)[C@H](C)NC(=O)[C@@H](N)CC(C)C)C(=O)N[C@@H](CC(C)C)C(=O)N[C@H](C(=O)O)[C@@H](C)O. The Labute approximate surface area is 283 Å². The summed E-state index contributed by atoms with van der Waals surface area (Å²) in [5.74, 6) is -5.36. The minimum atomic E-state index is -1.60. The number of nitrogens with zero attached hydrogens (tertiary/aromatic N) is 1. The Morgan fingerprint density at radius 3 is 1.69 bits per heavy atom. The van der Waals surface area contributed by atoms with Crippen LogP contribution >= 0.6 is 0 Å². The summed E-state index contributed by atoms with van der Waals surface area (Å²) < 4.78 is 0. The van der Waals surface area contributed by atoms with Crippen molar-refractivity contribution in [3.8, 4) is 0 Å². The fourth-order valence-corrected chi connectivity index (χ4v) is 4.63. The molecule has 0 radical (unpaired) electrons. The van der Waals surface area contributed by atoms with Crippen LogP contribution in [-0.4, -0.2) is 101 Å². The number of aliphatic imine (C=N–C) groups is 1. The molecule has 48 heavy (non-hydrogen) atoms. The van der Waals surface area contributed by atoms with Gasteiger partial charge in [-0.25, -0.2) is 4.79 Å². The third-order valence-electron chi connectivity index (χ3n) is 7.57. The monoisotopic (exact) mass is 685 g/mol. The molecule has 0 aliphatic heterocycles. The zero-order valence-electron chi connectivity index (χ0n) is 29.5. The molecule has 0 aromatic carbocycles. The predicted molar refractivity (Wildman–Crippen MR) is 181 cm³/mol. The first kappa shape index (κ1) is 44.0. The number of carboxylic acid groups (broad SMARTS) is 1. The molecule has 17 nitrogen and oxygen atoms in total. The van der Waals surface area contributed by atoms with Crippen molar-refractivity contribution in [1.82, 2.24) is 26.6 Å². The van der Waals surface area contributed by atoms with Gasteiger partial charge in [-0.2, -0.15) is 0 Å². The molecule has 0 unspecified atom stereocenters. The second-order valence-corrected chi connectivity index (χ2v) is 13.1. The van der Waals surface area contributed by atoms with Gasteiger partial charge in [0.05, 0.1) is 12.1 Å². The van der Waals surface area contributed by atoms with Gasteiger partial charge in [-0.1, -0.05) is 48.0 Å².